The number of methoxy groups -OCH3 is 1. The number of hydrogen-bond acceptors (Lipinski definition) is 4. The number of ether oxygens (including phenoxy) is 1. The zero-order valence-electron chi connectivity index (χ0n) is 12.2. The van der Waals surface area contributed by atoms with Crippen molar-refractivity contribution in [2.75, 3.05) is 19.0 Å². The van der Waals surface area contributed by atoms with Crippen LogP contribution in [0.5, 0.6) is 5.88 Å². The molecule has 110 valence electrons. The molecule has 0 spiro atoms. The van der Waals surface area contributed by atoms with E-state index in [1.54, 1.807) is 25.4 Å². The number of nitrogens with one attached hydrogen (secondary N) is 1. The first-order valence-corrected chi connectivity index (χ1v) is 7.11. The van der Waals surface area contributed by atoms with Gasteiger partial charge in [-0.25, -0.2) is 4.98 Å². The molecular formula is C15H23N3O2. The van der Waals surface area contributed by atoms with Crippen LogP contribution >= 0.6 is 0 Å². The van der Waals surface area contributed by atoms with Crippen molar-refractivity contribution in [2.24, 2.45) is 17.1 Å². The van der Waals surface area contributed by atoms with E-state index in [4.69, 9.17) is 10.5 Å². The quantitative estimate of drug-likeness (QED) is 0.884. The Hall–Kier alpha value is -1.62. The van der Waals surface area contributed by atoms with Crippen LogP contribution in [0.25, 0.3) is 0 Å². The molecule has 1 heterocycles. The number of rotatable bonds is 4. The molecule has 1 aliphatic rings. The van der Waals surface area contributed by atoms with Crippen LogP contribution in [0, 0.1) is 11.3 Å². The lowest BCUT2D eigenvalue weighted by molar-refractivity contribution is -0.127. The monoisotopic (exact) mass is 277 g/mol. The van der Waals surface area contributed by atoms with Crippen molar-refractivity contribution < 1.29 is 9.53 Å². The van der Waals surface area contributed by atoms with E-state index in [9.17, 15) is 4.79 Å². The third-order valence-corrected chi connectivity index (χ3v) is 4.31. The Morgan fingerprint density at radius 3 is 2.70 bits per heavy atom. The molecular weight excluding hydrogens is 254 g/mol. The van der Waals surface area contributed by atoms with Gasteiger partial charge in [0.2, 0.25) is 11.8 Å². The molecule has 1 fully saturated rings. The number of anilines is 1. The highest BCUT2D eigenvalue weighted by atomic mass is 16.5. The van der Waals surface area contributed by atoms with Gasteiger partial charge in [-0.1, -0.05) is 6.92 Å². The van der Waals surface area contributed by atoms with Gasteiger partial charge in [-0.15, -0.1) is 0 Å². The van der Waals surface area contributed by atoms with Crippen LogP contribution in [0.3, 0.4) is 0 Å². The number of pyridine rings is 1. The summed E-state index contributed by atoms with van der Waals surface area (Å²) in [6, 6.07) is 3.52. The lowest BCUT2D eigenvalue weighted by Crippen LogP contribution is -2.44. The fourth-order valence-electron chi connectivity index (χ4n) is 2.68. The van der Waals surface area contributed by atoms with Crippen LogP contribution in [-0.4, -0.2) is 24.5 Å². The Bertz CT molecular complexity index is 451. The van der Waals surface area contributed by atoms with Crippen LogP contribution in [0.2, 0.25) is 0 Å². The predicted octanol–water partition coefficient (Wildman–Crippen LogP) is 2.18. The molecule has 1 aromatic heterocycles. The zero-order chi connectivity index (χ0) is 14.6. The summed E-state index contributed by atoms with van der Waals surface area (Å²) in [6.45, 7) is 2.63. The minimum atomic E-state index is -0.424. The van der Waals surface area contributed by atoms with Gasteiger partial charge >= 0.3 is 0 Å². The van der Waals surface area contributed by atoms with Crippen LogP contribution in [0.1, 0.15) is 32.6 Å². The average molecular weight is 277 g/mol. The second kappa shape index (κ2) is 6.22. The van der Waals surface area contributed by atoms with Gasteiger partial charge in [0.1, 0.15) is 0 Å². The van der Waals surface area contributed by atoms with E-state index in [0.29, 0.717) is 24.0 Å². The van der Waals surface area contributed by atoms with E-state index in [1.165, 1.54) is 0 Å². The highest BCUT2D eigenvalue weighted by Crippen LogP contribution is 2.39. The number of amides is 1. The van der Waals surface area contributed by atoms with Gasteiger partial charge in [0.25, 0.3) is 0 Å². The van der Waals surface area contributed by atoms with Gasteiger partial charge in [-0.3, -0.25) is 4.79 Å². The lowest BCUT2D eigenvalue weighted by atomic mass is 9.70. The molecule has 0 aromatic carbocycles. The van der Waals surface area contributed by atoms with Crippen molar-refractivity contribution in [1.82, 2.24) is 4.98 Å². The van der Waals surface area contributed by atoms with Crippen molar-refractivity contribution in [3.05, 3.63) is 18.3 Å². The van der Waals surface area contributed by atoms with E-state index in [2.05, 4.69) is 17.2 Å². The molecule has 2 rings (SSSR count). The van der Waals surface area contributed by atoms with Crippen molar-refractivity contribution >= 4 is 11.6 Å². The van der Waals surface area contributed by atoms with Gasteiger partial charge in [-0.2, -0.15) is 0 Å². The first-order chi connectivity index (χ1) is 9.59. The fourth-order valence-corrected chi connectivity index (χ4v) is 2.68. The Balaban J connectivity index is 2.05. The SMILES string of the molecule is COc1ccc(NC(=O)C2(CN)CCC(C)CC2)cn1. The van der Waals surface area contributed by atoms with Crippen molar-refractivity contribution in [3.8, 4) is 5.88 Å². The molecule has 0 unspecified atom stereocenters. The van der Waals surface area contributed by atoms with E-state index < -0.39 is 5.41 Å². The van der Waals surface area contributed by atoms with E-state index in [-0.39, 0.29) is 5.91 Å². The second-order valence-electron chi connectivity index (χ2n) is 5.71. The van der Waals surface area contributed by atoms with Gasteiger partial charge in [0.05, 0.1) is 24.4 Å². The minimum Gasteiger partial charge on any atom is -0.481 e. The number of carbonyl (C=O) groups is 1. The van der Waals surface area contributed by atoms with E-state index in [0.717, 1.165) is 25.7 Å². The molecule has 0 atom stereocenters. The smallest absolute Gasteiger partial charge is 0.231 e. The Labute approximate surface area is 119 Å². The maximum atomic E-state index is 12.5. The maximum absolute atomic E-state index is 12.5. The molecule has 1 amide bonds. The molecule has 0 saturated heterocycles. The van der Waals surface area contributed by atoms with Crippen LogP contribution in [-0.2, 0) is 4.79 Å². The molecule has 0 radical (unpaired) electrons. The molecule has 1 aliphatic carbocycles. The maximum Gasteiger partial charge on any atom is 0.231 e. The van der Waals surface area contributed by atoms with Crippen molar-refractivity contribution in [2.45, 2.75) is 32.6 Å². The summed E-state index contributed by atoms with van der Waals surface area (Å²) >= 11 is 0. The molecule has 3 N–H and O–H groups in total. The predicted molar refractivity (Wildman–Crippen MR) is 78.5 cm³/mol. The molecule has 0 aliphatic heterocycles. The number of nitrogens with zero attached hydrogens (tertiary/aromatic N) is 1. The Kier molecular flexibility index (Phi) is 4.60. The molecule has 0 bridgehead atoms. The average Bonchev–Trinajstić information content (AvgIpc) is 2.49. The first-order valence-electron chi connectivity index (χ1n) is 7.11. The van der Waals surface area contributed by atoms with Gasteiger partial charge in [0, 0.05) is 12.6 Å². The zero-order valence-corrected chi connectivity index (χ0v) is 12.2. The summed E-state index contributed by atoms with van der Waals surface area (Å²) in [4.78, 5) is 16.6. The van der Waals surface area contributed by atoms with Gasteiger partial charge < -0.3 is 15.8 Å². The summed E-state index contributed by atoms with van der Waals surface area (Å²) in [7, 11) is 1.56. The van der Waals surface area contributed by atoms with Gasteiger partial charge in [-0.05, 0) is 37.7 Å². The third-order valence-electron chi connectivity index (χ3n) is 4.31. The van der Waals surface area contributed by atoms with E-state index >= 15 is 0 Å². The molecule has 20 heavy (non-hydrogen) atoms. The van der Waals surface area contributed by atoms with Gasteiger partial charge in [0.15, 0.2) is 0 Å². The highest BCUT2D eigenvalue weighted by molar-refractivity contribution is 5.95. The number of nitrogens with two attached hydrogens (primary N) is 1. The summed E-state index contributed by atoms with van der Waals surface area (Å²) in [6.07, 6.45) is 5.45. The van der Waals surface area contributed by atoms with Crippen molar-refractivity contribution in [1.29, 1.82) is 0 Å². The third kappa shape index (κ3) is 3.10. The molecule has 5 heteroatoms. The largest absolute Gasteiger partial charge is 0.481 e. The number of aromatic nitrogens is 1. The number of hydrogen-bond donors (Lipinski definition) is 2. The topological polar surface area (TPSA) is 77.2 Å². The first kappa shape index (κ1) is 14.8. The second-order valence-corrected chi connectivity index (χ2v) is 5.71. The van der Waals surface area contributed by atoms with Crippen LogP contribution < -0.4 is 15.8 Å². The Morgan fingerprint density at radius 2 is 2.20 bits per heavy atom. The summed E-state index contributed by atoms with van der Waals surface area (Å²) < 4.78 is 5.00. The fraction of sp³-hybridized carbons (Fsp3) is 0.600. The molecule has 1 saturated carbocycles. The lowest BCUT2D eigenvalue weighted by Gasteiger charge is -2.37. The summed E-state index contributed by atoms with van der Waals surface area (Å²) in [5.41, 5.74) is 6.15. The normalized spacial score (nSPS) is 26.1. The van der Waals surface area contributed by atoms with Crippen molar-refractivity contribution in [3.63, 3.8) is 0 Å². The summed E-state index contributed by atoms with van der Waals surface area (Å²) in [5, 5.41) is 2.93. The highest BCUT2D eigenvalue weighted by Gasteiger charge is 2.39. The minimum absolute atomic E-state index is 0.0128. The number of carbonyl (C=O) groups excluding carboxylic acids is 1. The standard InChI is InChI=1S/C15H23N3O2/c1-11-5-7-15(10-16,8-6-11)14(19)18-12-3-4-13(20-2)17-9-12/h3-4,9,11H,5-8,10,16H2,1-2H3,(H,18,19). The van der Waals surface area contributed by atoms with Crippen LogP contribution in [0.4, 0.5) is 5.69 Å². The van der Waals surface area contributed by atoms with E-state index in [1.807, 2.05) is 0 Å². The van der Waals surface area contributed by atoms with Crippen LogP contribution in [0.15, 0.2) is 18.3 Å². The molecule has 5 nitrogen and oxygen atoms in total. The summed E-state index contributed by atoms with van der Waals surface area (Å²) in [5.74, 6) is 1.23. The molecule has 1 aromatic rings. The Morgan fingerprint density at radius 1 is 1.50 bits per heavy atom.